The summed E-state index contributed by atoms with van der Waals surface area (Å²) in [5.41, 5.74) is 14.8. The van der Waals surface area contributed by atoms with E-state index in [1.807, 2.05) is 37.5 Å². The van der Waals surface area contributed by atoms with Crippen LogP contribution in [-0.4, -0.2) is 27.6 Å². The molecule has 0 amide bonds. The third-order valence-electron chi connectivity index (χ3n) is 11.4. The first kappa shape index (κ1) is 40.6. The van der Waals surface area contributed by atoms with Crippen LogP contribution in [0.5, 0.6) is 0 Å². The Balaban J connectivity index is 0.000000225. The number of furan rings is 1. The number of para-hydroxylation sites is 1. The van der Waals surface area contributed by atoms with Crippen LogP contribution in [0.4, 0.5) is 0 Å². The van der Waals surface area contributed by atoms with E-state index < -0.39 is 14.9 Å². The van der Waals surface area contributed by atoms with Gasteiger partial charge in [-0.2, -0.15) is 0 Å². The summed E-state index contributed by atoms with van der Waals surface area (Å²) in [6.45, 7) is 20.4. The predicted molar refractivity (Wildman–Crippen MR) is 259 cm³/mol. The molecule has 0 N–H and O–H groups in total. The standard InChI is InChI=1S/C37H32N3O.C18H24NSi.Ir/c1-22(2)30-19-26(25-12-7-6-8-13-25)20-31(23(3)4)35(30)40-33-21-38-24(5)18-32(33)39-37(40)29-16-11-15-28-27-14-9-10-17-34(27)41-36(28)29;1-13(2)16-11-17(15-9-7-14(3)8-10-15)19-12-18(16)20(4,5)6;/h6-15,17-23H,1-5H3;7-9,11-13H,1-6H3;/q2*-1;/i;3D3;. The molecule has 0 spiro atoms. The molecule has 0 bridgehead atoms. The number of benzene rings is 5. The number of aryl methyl sites for hydroxylation is 2. The van der Waals surface area contributed by atoms with Gasteiger partial charge in [-0.3, -0.25) is 9.97 Å². The summed E-state index contributed by atoms with van der Waals surface area (Å²) in [6, 6.07) is 43.4. The Hall–Kier alpha value is -5.46. The molecule has 0 saturated heterocycles. The largest absolute Gasteiger partial charge is 0.501 e. The van der Waals surface area contributed by atoms with Crippen LogP contribution in [0, 0.1) is 25.9 Å². The van der Waals surface area contributed by atoms with Gasteiger partial charge >= 0.3 is 0 Å². The maximum Gasteiger partial charge on any atom is 0.120 e. The molecule has 62 heavy (non-hydrogen) atoms. The van der Waals surface area contributed by atoms with Crippen molar-refractivity contribution in [3.05, 3.63) is 162 Å². The summed E-state index contributed by atoms with van der Waals surface area (Å²) in [7, 11) is -1.45. The summed E-state index contributed by atoms with van der Waals surface area (Å²) in [4.78, 5) is 14.6. The molecule has 4 heterocycles. The fourth-order valence-electron chi connectivity index (χ4n) is 8.25. The zero-order valence-corrected chi connectivity index (χ0v) is 40.7. The molecule has 1 radical (unpaired) electrons. The van der Waals surface area contributed by atoms with Crippen LogP contribution in [0.2, 0.25) is 19.6 Å². The Labute approximate surface area is 386 Å². The van der Waals surface area contributed by atoms with Gasteiger partial charge in [-0.15, -0.1) is 53.6 Å². The minimum absolute atomic E-state index is 0. The van der Waals surface area contributed by atoms with Gasteiger partial charge in [0.15, 0.2) is 0 Å². The average Bonchev–Trinajstić information content (AvgIpc) is 3.84. The molecule has 0 aliphatic carbocycles. The topological polar surface area (TPSA) is 56.7 Å². The molecule has 317 valence electrons. The fraction of sp³-hybridized carbons (Fsp3) is 0.255. The second kappa shape index (κ2) is 18.1. The molecular formula is C55H56IrN4OSi-2. The van der Waals surface area contributed by atoms with Crippen LogP contribution >= 0.6 is 0 Å². The number of hydrogen-bond acceptors (Lipinski definition) is 4. The van der Waals surface area contributed by atoms with Crippen molar-refractivity contribution in [2.75, 3.05) is 0 Å². The van der Waals surface area contributed by atoms with Crippen molar-refractivity contribution in [2.45, 2.75) is 92.7 Å². The quantitative estimate of drug-likeness (QED) is 0.112. The second-order valence-electron chi connectivity index (χ2n) is 18.0. The Bertz CT molecular complexity index is 3100. The van der Waals surface area contributed by atoms with E-state index >= 15 is 0 Å². The molecule has 9 rings (SSSR count). The van der Waals surface area contributed by atoms with E-state index in [1.165, 1.54) is 38.7 Å². The molecular weight excluding hydrogens is 953 g/mol. The molecule has 4 aromatic heterocycles. The van der Waals surface area contributed by atoms with Gasteiger partial charge in [0.05, 0.1) is 36.7 Å². The van der Waals surface area contributed by atoms with E-state index in [9.17, 15) is 0 Å². The van der Waals surface area contributed by atoms with E-state index in [2.05, 4.69) is 156 Å². The number of aromatic nitrogens is 4. The number of fused-ring (bicyclic) bond motifs is 4. The van der Waals surface area contributed by atoms with Crippen molar-refractivity contribution in [1.29, 1.82) is 0 Å². The van der Waals surface area contributed by atoms with E-state index in [1.54, 1.807) is 18.2 Å². The van der Waals surface area contributed by atoms with Gasteiger partial charge in [-0.25, -0.2) is 0 Å². The van der Waals surface area contributed by atoms with E-state index in [4.69, 9.17) is 18.5 Å². The van der Waals surface area contributed by atoms with Crippen LogP contribution in [-0.2, 0) is 20.1 Å². The maximum atomic E-state index is 7.44. The first-order valence-electron chi connectivity index (χ1n) is 22.8. The molecule has 0 unspecified atom stereocenters. The summed E-state index contributed by atoms with van der Waals surface area (Å²) >= 11 is 0. The summed E-state index contributed by atoms with van der Waals surface area (Å²) in [5, 5.41) is 3.54. The van der Waals surface area contributed by atoms with Gasteiger partial charge in [0.25, 0.3) is 0 Å². The first-order chi connectivity index (χ1) is 30.4. The molecule has 0 aliphatic rings. The Kier molecular flexibility index (Phi) is 11.9. The van der Waals surface area contributed by atoms with Crippen LogP contribution in [0.1, 0.15) is 91.4 Å². The van der Waals surface area contributed by atoms with Crippen molar-refractivity contribution in [1.82, 2.24) is 19.5 Å². The molecule has 0 saturated carbocycles. The minimum Gasteiger partial charge on any atom is -0.501 e. The van der Waals surface area contributed by atoms with Crippen molar-refractivity contribution in [3.63, 3.8) is 0 Å². The van der Waals surface area contributed by atoms with E-state index in [0.717, 1.165) is 61.3 Å². The molecule has 0 aliphatic heterocycles. The van der Waals surface area contributed by atoms with Gasteiger partial charge in [-0.05, 0) is 82.1 Å². The SMILES string of the molecule is Cc1cc2nc(-c3[c-]ccc4c3oc3ccccc34)n(-c3c(C(C)C)cc(-c4ccccc4)cc3C(C)C)c2cn1.[2H]C([2H])([2H])c1c[c-]c(-c2cc(C(C)C)c([Si](C)(C)C)cn2)cc1.[Ir]. The number of nitrogens with zero attached hydrogens (tertiary/aromatic N) is 4. The number of rotatable bonds is 8. The summed E-state index contributed by atoms with van der Waals surface area (Å²) in [5.74, 6) is 1.80. The Morgan fingerprint density at radius 2 is 1.40 bits per heavy atom. The zero-order valence-electron chi connectivity index (χ0n) is 40.3. The van der Waals surface area contributed by atoms with Gasteiger partial charge in [0.1, 0.15) is 5.58 Å². The maximum absolute atomic E-state index is 7.44. The van der Waals surface area contributed by atoms with E-state index in [-0.39, 0.29) is 31.9 Å². The first-order valence-corrected chi connectivity index (χ1v) is 24.8. The van der Waals surface area contributed by atoms with Crippen molar-refractivity contribution >= 4 is 46.2 Å². The molecule has 5 aromatic carbocycles. The monoisotopic (exact) mass is 1010 g/mol. The summed E-state index contributed by atoms with van der Waals surface area (Å²) < 4.78 is 31.1. The normalized spacial score (nSPS) is 12.7. The summed E-state index contributed by atoms with van der Waals surface area (Å²) in [6.07, 6.45) is 3.96. The van der Waals surface area contributed by atoms with Crippen molar-refractivity contribution in [3.8, 4) is 39.5 Å². The van der Waals surface area contributed by atoms with Gasteiger partial charge < -0.3 is 14.0 Å². The zero-order chi connectivity index (χ0) is 45.7. The van der Waals surface area contributed by atoms with Gasteiger partial charge in [-0.1, -0.05) is 139 Å². The van der Waals surface area contributed by atoms with Crippen LogP contribution < -0.4 is 5.19 Å². The van der Waals surface area contributed by atoms with Crippen LogP contribution in [0.25, 0.3) is 72.4 Å². The molecule has 7 heteroatoms. The number of imidazole rings is 1. The van der Waals surface area contributed by atoms with Crippen molar-refractivity contribution < 1.29 is 28.6 Å². The van der Waals surface area contributed by atoms with Crippen molar-refractivity contribution in [2.24, 2.45) is 0 Å². The van der Waals surface area contributed by atoms with Gasteiger partial charge in [0.2, 0.25) is 0 Å². The number of pyridine rings is 2. The van der Waals surface area contributed by atoms with E-state index in [0.29, 0.717) is 11.5 Å². The minimum atomic E-state index is -2.09. The molecule has 5 nitrogen and oxygen atoms in total. The molecule has 9 aromatic rings. The van der Waals surface area contributed by atoms with Crippen LogP contribution in [0.15, 0.2) is 126 Å². The predicted octanol–water partition coefficient (Wildman–Crippen LogP) is 14.5. The average molecular weight is 1010 g/mol. The number of hydrogen-bond donors (Lipinski definition) is 0. The Morgan fingerprint density at radius 1 is 0.710 bits per heavy atom. The molecule has 0 atom stereocenters. The fourth-order valence-corrected chi connectivity index (χ4v) is 9.93. The second-order valence-corrected chi connectivity index (χ2v) is 23.0. The molecule has 0 fully saturated rings. The Morgan fingerprint density at radius 3 is 2.05 bits per heavy atom. The third-order valence-corrected chi connectivity index (χ3v) is 13.5. The van der Waals surface area contributed by atoms with Gasteiger partial charge in [0, 0.05) is 47.2 Å². The van der Waals surface area contributed by atoms with Crippen LogP contribution in [0.3, 0.4) is 0 Å². The smallest absolute Gasteiger partial charge is 0.120 e. The third kappa shape index (κ3) is 8.77.